The Kier molecular flexibility index (Phi) is 4.20. The first-order valence-electron chi connectivity index (χ1n) is 6.67. The number of hydrogen-bond acceptors (Lipinski definition) is 2. The first-order valence-corrected chi connectivity index (χ1v) is 6.67. The summed E-state index contributed by atoms with van der Waals surface area (Å²) in [6.07, 6.45) is 2.31. The summed E-state index contributed by atoms with van der Waals surface area (Å²) in [6, 6.07) is 4.47. The van der Waals surface area contributed by atoms with Crippen molar-refractivity contribution in [3.8, 4) is 0 Å². The molecule has 1 aliphatic carbocycles. The van der Waals surface area contributed by atoms with E-state index in [-0.39, 0.29) is 11.7 Å². The first-order chi connectivity index (χ1) is 9.00. The molecule has 104 valence electrons. The summed E-state index contributed by atoms with van der Waals surface area (Å²) in [5.41, 5.74) is 1.08. The molecule has 0 amide bonds. The summed E-state index contributed by atoms with van der Waals surface area (Å²) in [5, 5.41) is 19.6. The Morgan fingerprint density at radius 3 is 2.68 bits per heavy atom. The maximum Gasteiger partial charge on any atom is 0.306 e. The minimum atomic E-state index is -0.845. The Morgan fingerprint density at radius 1 is 1.37 bits per heavy atom. The van der Waals surface area contributed by atoms with Gasteiger partial charge < -0.3 is 10.2 Å². The predicted molar refractivity (Wildman–Crippen MR) is 69.2 cm³/mol. The normalized spacial score (nSPS) is 25.0. The number of aryl methyl sites for hydroxylation is 1. The van der Waals surface area contributed by atoms with Crippen molar-refractivity contribution in [2.24, 2.45) is 11.8 Å². The first kappa shape index (κ1) is 14.0. The minimum absolute atomic E-state index is 0.281. The van der Waals surface area contributed by atoms with Crippen LogP contribution in [0.1, 0.15) is 42.9 Å². The van der Waals surface area contributed by atoms with Crippen molar-refractivity contribution in [2.75, 3.05) is 0 Å². The van der Waals surface area contributed by atoms with E-state index in [9.17, 15) is 19.4 Å². The summed E-state index contributed by atoms with van der Waals surface area (Å²) in [4.78, 5) is 11.3. The standard InChI is InChI=1S/C15H19FO3/c1-9-8-10(6-7-13(9)16)14(17)11-4-2-3-5-12(11)15(18)19/h6-8,11-12,14,17H,2-5H2,1H3,(H,18,19). The van der Waals surface area contributed by atoms with E-state index in [1.54, 1.807) is 19.1 Å². The number of aliphatic hydroxyl groups excluding tert-OH is 1. The van der Waals surface area contributed by atoms with Crippen LogP contribution in [0.5, 0.6) is 0 Å². The van der Waals surface area contributed by atoms with Gasteiger partial charge in [0.25, 0.3) is 0 Å². The van der Waals surface area contributed by atoms with Gasteiger partial charge in [-0.05, 0) is 37.0 Å². The van der Waals surface area contributed by atoms with Crippen LogP contribution in [0.3, 0.4) is 0 Å². The van der Waals surface area contributed by atoms with Crippen molar-refractivity contribution in [1.82, 2.24) is 0 Å². The van der Waals surface area contributed by atoms with Crippen molar-refractivity contribution < 1.29 is 19.4 Å². The molecule has 3 unspecified atom stereocenters. The third-order valence-corrected chi connectivity index (χ3v) is 4.07. The van der Waals surface area contributed by atoms with Crippen LogP contribution in [0.25, 0.3) is 0 Å². The van der Waals surface area contributed by atoms with Gasteiger partial charge in [-0.3, -0.25) is 4.79 Å². The molecular formula is C15H19FO3. The monoisotopic (exact) mass is 266 g/mol. The molecule has 1 aromatic rings. The summed E-state index contributed by atoms with van der Waals surface area (Å²) in [5.74, 6) is -1.94. The number of aliphatic carboxylic acids is 1. The van der Waals surface area contributed by atoms with E-state index >= 15 is 0 Å². The molecule has 4 heteroatoms. The van der Waals surface area contributed by atoms with Crippen LogP contribution in [0.4, 0.5) is 4.39 Å². The van der Waals surface area contributed by atoms with Crippen LogP contribution in [-0.4, -0.2) is 16.2 Å². The van der Waals surface area contributed by atoms with Gasteiger partial charge in [-0.25, -0.2) is 4.39 Å². The van der Waals surface area contributed by atoms with Crippen molar-refractivity contribution in [2.45, 2.75) is 38.7 Å². The lowest BCUT2D eigenvalue weighted by Gasteiger charge is -2.32. The fraction of sp³-hybridized carbons (Fsp3) is 0.533. The molecule has 0 aliphatic heterocycles. The SMILES string of the molecule is Cc1cc(C(O)C2CCCCC2C(=O)O)ccc1F. The summed E-state index contributed by atoms with van der Waals surface area (Å²) in [7, 11) is 0. The fourth-order valence-corrected chi connectivity index (χ4v) is 2.94. The van der Waals surface area contributed by atoms with Crippen LogP contribution in [0, 0.1) is 24.6 Å². The van der Waals surface area contributed by atoms with E-state index in [0.29, 0.717) is 24.0 Å². The lowest BCUT2D eigenvalue weighted by atomic mass is 9.74. The number of carboxylic acids is 1. The molecule has 0 aromatic heterocycles. The van der Waals surface area contributed by atoms with Crippen LogP contribution in [0.2, 0.25) is 0 Å². The molecule has 1 saturated carbocycles. The van der Waals surface area contributed by atoms with E-state index in [0.717, 1.165) is 12.8 Å². The molecule has 0 spiro atoms. The Labute approximate surface area is 112 Å². The molecule has 0 radical (unpaired) electrons. The highest BCUT2D eigenvalue weighted by molar-refractivity contribution is 5.70. The third kappa shape index (κ3) is 2.95. The smallest absolute Gasteiger partial charge is 0.306 e. The zero-order valence-electron chi connectivity index (χ0n) is 11.0. The maximum atomic E-state index is 13.2. The van der Waals surface area contributed by atoms with E-state index in [4.69, 9.17) is 0 Å². The second kappa shape index (κ2) is 5.70. The van der Waals surface area contributed by atoms with Crippen LogP contribution >= 0.6 is 0 Å². The van der Waals surface area contributed by atoms with Crippen LogP contribution < -0.4 is 0 Å². The average molecular weight is 266 g/mol. The number of halogens is 1. The van der Waals surface area contributed by atoms with Gasteiger partial charge in [-0.15, -0.1) is 0 Å². The summed E-state index contributed by atoms with van der Waals surface area (Å²) >= 11 is 0. The molecule has 0 bridgehead atoms. The number of aliphatic hydroxyl groups is 1. The number of rotatable bonds is 3. The molecular weight excluding hydrogens is 247 g/mol. The Bertz CT molecular complexity index is 472. The van der Waals surface area contributed by atoms with Crippen molar-refractivity contribution in [1.29, 1.82) is 0 Å². The topological polar surface area (TPSA) is 57.5 Å². The Morgan fingerprint density at radius 2 is 2.05 bits per heavy atom. The second-order valence-electron chi connectivity index (χ2n) is 5.35. The molecule has 2 N–H and O–H groups in total. The van der Waals surface area contributed by atoms with Crippen LogP contribution in [0.15, 0.2) is 18.2 Å². The molecule has 2 rings (SSSR count). The Hall–Kier alpha value is -1.42. The number of carboxylic acid groups (broad SMARTS) is 1. The number of hydrogen-bond donors (Lipinski definition) is 2. The largest absolute Gasteiger partial charge is 0.481 e. The Balaban J connectivity index is 2.23. The fourth-order valence-electron chi connectivity index (χ4n) is 2.94. The number of carbonyl (C=O) groups is 1. The highest BCUT2D eigenvalue weighted by Gasteiger charge is 2.36. The summed E-state index contributed by atoms with van der Waals surface area (Å²) in [6.45, 7) is 1.64. The van der Waals surface area contributed by atoms with Gasteiger partial charge in [-0.2, -0.15) is 0 Å². The lowest BCUT2D eigenvalue weighted by molar-refractivity contribution is -0.147. The molecule has 1 aliphatic rings. The second-order valence-corrected chi connectivity index (χ2v) is 5.35. The van der Waals surface area contributed by atoms with Gasteiger partial charge in [0.15, 0.2) is 0 Å². The van der Waals surface area contributed by atoms with Gasteiger partial charge in [0.1, 0.15) is 5.82 Å². The molecule has 3 nitrogen and oxygen atoms in total. The van der Waals surface area contributed by atoms with Crippen molar-refractivity contribution in [3.05, 3.63) is 35.1 Å². The van der Waals surface area contributed by atoms with E-state index in [1.807, 2.05) is 0 Å². The predicted octanol–water partition coefficient (Wildman–Crippen LogP) is 3.06. The third-order valence-electron chi connectivity index (χ3n) is 4.07. The molecule has 0 heterocycles. The summed E-state index contributed by atoms with van der Waals surface area (Å²) < 4.78 is 13.2. The van der Waals surface area contributed by atoms with Gasteiger partial charge >= 0.3 is 5.97 Å². The van der Waals surface area contributed by atoms with Crippen LogP contribution in [-0.2, 0) is 4.79 Å². The molecule has 19 heavy (non-hydrogen) atoms. The van der Waals surface area contributed by atoms with E-state index in [1.165, 1.54) is 6.07 Å². The zero-order chi connectivity index (χ0) is 14.0. The molecule has 0 saturated heterocycles. The highest BCUT2D eigenvalue weighted by Crippen LogP contribution is 2.39. The van der Waals surface area contributed by atoms with E-state index < -0.39 is 18.0 Å². The van der Waals surface area contributed by atoms with Gasteiger partial charge in [0.05, 0.1) is 12.0 Å². The molecule has 1 fully saturated rings. The quantitative estimate of drug-likeness (QED) is 0.884. The van der Waals surface area contributed by atoms with E-state index in [2.05, 4.69) is 0 Å². The van der Waals surface area contributed by atoms with Gasteiger partial charge in [0.2, 0.25) is 0 Å². The minimum Gasteiger partial charge on any atom is -0.481 e. The highest BCUT2D eigenvalue weighted by atomic mass is 19.1. The average Bonchev–Trinajstić information content (AvgIpc) is 2.41. The molecule has 1 aromatic carbocycles. The van der Waals surface area contributed by atoms with Gasteiger partial charge in [0, 0.05) is 5.92 Å². The van der Waals surface area contributed by atoms with Crippen molar-refractivity contribution in [3.63, 3.8) is 0 Å². The molecule has 3 atom stereocenters. The lowest BCUT2D eigenvalue weighted by Crippen LogP contribution is -2.31. The maximum absolute atomic E-state index is 13.2. The number of benzene rings is 1. The van der Waals surface area contributed by atoms with Crippen molar-refractivity contribution >= 4 is 5.97 Å². The zero-order valence-corrected chi connectivity index (χ0v) is 11.0. The van der Waals surface area contributed by atoms with Gasteiger partial charge in [-0.1, -0.05) is 25.0 Å².